The van der Waals surface area contributed by atoms with Gasteiger partial charge in [0.05, 0.1) is 37.6 Å². The highest BCUT2D eigenvalue weighted by Crippen LogP contribution is 2.31. The van der Waals surface area contributed by atoms with Crippen LogP contribution in [0.4, 0.5) is 17.5 Å². The molecule has 1 aliphatic carbocycles. The van der Waals surface area contributed by atoms with Gasteiger partial charge >= 0.3 is 0 Å². The van der Waals surface area contributed by atoms with Crippen LogP contribution < -0.4 is 20.7 Å². The number of ether oxygens (including phenoxy) is 1. The van der Waals surface area contributed by atoms with Gasteiger partial charge in [0.15, 0.2) is 5.75 Å². The SMILES string of the molecule is COc1cnc(CNc2nc(NC(C)c3ccc(NC(=O)C4CC4)cc3)nc3ccc(Cl)cc23)nc1. The Balaban J connectivity index is 1.33. The fraction of sp³-hybridized carbons (Fsp3) is 0.269. The fourth-order valence-electron chi connectivity index (χ4n) is 3.72. The van der Waals surface area contributed by atoms with E-state index >= 15 is 0 Å². The first-order valence-corrected chi connectivity index (χ1v) is 12.1. The summed E-state index contributed by atoms with van der Waals surface area (Å²) in [6.45, 7) is 2.40. The van der Waals surface area contributed by atoms with Crippen molar-refractivity contribution in [3.05, 3.63) is 71.3 Å². The lowest BCUT2D eigenvalue weighted by Gasteiger charge is -2.17. The average Bonchev–Trinajstić information content (AvgIpc) is 3.74. The minimum absolute atomic E-state index is 0.0688. The molecule has 0 bridgehead atoms. The van der Waals surface area contributed by atoms with Crippen molar-refractivity contribution in [2.24, 2.45) is 5.92 Å². The largest absolute Gasteiger partial charge is 0.494 e. The molecule has 2 aromatic heterocycles. The molecule has 1 saturated carbocycles. The lowest BCUT2D eigenvalue weighted by Crippen LogP contribution is -2.14. The van der Waals surface area contributed by atoms with Crippen molar-refractivity contribution in [2.45, 2.75) is 32.4 Å². The molecule has 10 heteroatoms. The van der Waals surface area contributed by atoms with E-state index in [0.717, 1.165) is 35.0 Å². The van der Waals surface area contributed by atoms with Crippen LogP contribution in [0.1, 0.15) is 37.2 Å². The van der Waals surface area contributed by atoms with Gasteiger partial charge in [0.1, 0.15) is 11.6 Å². The summed E-state index contributed by atoms with van der Waals surface area (Å²) in [6.07, 6.45) is 5.20. The van der Waals surface area contributed by atoms with Crippen LogP contribution in [0.15, 0.2) is 54.9 Å². The summed E-state index contributed by atoms with van der Waals surface area (Å²) in [7, 11) is 1.57. The zero-order chi connectivity index (χ0) is 25.1. The van der Waals surface area contributed by atoms with Crippen LogP contribution in [0.3, 0.4) is 0 Å². The van der Waals surface area contributed by atoms with Crippen molar-refractivity contribution in [3.63, 3.8) is 0 Å². The molecular formula is C26H26ClN7O2. The Bertz CT molecular complexity index is 1380. The van der Waals surface area contributed by atoms with Crippen LogP contribution in [0.5, 0.6) is 5.75 Å². The minimum Gasteiger partial charge on any atom is -0.494 e. The van der Waals surface area contributed by atoms with E-state index in [9.17, 15) is 4.79 Å². The molecule has 36 heavy (non-hydrogen) atoms. The zero-order valence-electron chi connectivity index (χ0n) is 20.0. The Morgan fingerprint density at radius 3 is 2.56 bits per heavy atom. The third kappa shape index (κ3) is 5.63. The first kappa shape index (κ1) is 23.7. The van der Waals surface area contributed by atoms with E-state index in [4.69, 9.17) is 21.3 Å². The number of hydrogen-bond donors (Lipinski definition) is 3. The van der Waals surface area contributed by atoms with Gasteiger partial charge in [0.25, 0.3) is 0 Å². The van der Waals surface area contributed by atoms with E-state index in [0.29, 0.717) is 34.9 Å². The number of benzene rings is 2. The molecule has 184 valence electrons. The normalized spacial score (nSPS) is 13.8. The predicted molar refractivity (Wildman–Crippen MR) is 140 cm³/mol. The molecule has 1 unspecified atom stereocenters. The van der Waals surface area contributed by atoms with Crippen molar-refractivity contribution < 1.29 is 9.53 Å². The summed E-state index contributed by atoms with van der Waals surface area (Å²) in [6, 6.07) is 13.2. The number of aromatic nitrogens is 4. The maximum atomic E-state index is 12.0. The van der Waals surface area contributed by atoms with Gasteiger partial charge in [-0.2, -0.15) is 4.98 Å². The minimum atomic E-state index is -0.0688. The Hall–Kier alpha value is -3.98. The molecule has 0 spiro atoms. The number of carbonyl (C=O) groups excluding carboxylic acids is 1. The van der Waals surface area contributed by atoms with Gasteiger partial charge in [-0.25, -0.2) is 15.0 Å². The van der Waals surface area contributed by atoms with Crippen LogP contribution in [0, 0.1) is 5.92 Å². The molecule has 1 aliphatic rings. The predicted octanol–water partition coefficient (Wildman–Crippen LogP) is 5.22. The van der Waals surface area contributed by atoms with Gasteiger partial charge in [-0.15, -0.1) is 0 Å². The van der Waals surface area contributed by atoms with Gasteiger partial charge in [0, 0.05) is 22.0 Å². The van der Waals surface area contributed by atoms with Gasteiger partial charge < -0.3 is 20.7 Å². The van der Waals surface area contributed by atoms with Crippen LogP contribution in [-0.4, -0.2) is 33.0 Å². The van der Waals surface area contributed by atoms with Crippen molar-refractivity contribution in [2.75, 3.05) is 23.1 Å². The maximum Gasteiger partial charge on any atom is 0.227 e. The number of rotatable bonds is 9. The monoisotopic (exact) mass is 503 g/mol. The topological polar surface area (TPSA) is 114 Å². The molecule has 4 aromatic rings. The summed E-state index contributed by atoms with van der Waals surface area (Å²) in [5.74, 6) is 2.55. The summed E-state index contributed by atoms with van der Waals surface area (Å²) in [5, 5.41) is 11.0. The number of anilines is 3. The quantitative estimate of drug-likeness (QED) is 0.285. The smallest absolute Gasteiger partial charge is 0.227 e. The van der Waals surface area contributed by atoms with Crippen LogP contribution in [-0.2, 0) is 11.3 Å². The van der Waals surface area contributed by atoms with Gasteiger partial charge in [0.2, 0.25) is 11.9 Å². The molecule has 1 fully saturated rings. The molecule has 0 saturated heterocycles. The summed E-state index contributed by atoms with van der Waals surface area (Å²) < 4.78 is 5.12. The third-order valence-corrected chi connectivity index (χ3v) is 6.20. The van der Waals surface area contributed by atoms with E-state index in [1.165, 1.54) is 0 Å². The third-order valence-electron chi connectivity index (χ3n) is 5.96. The molecule has 0 aliphatic heterocycles. The lowest BCUT2D eigenvalue weighted by molar-refractivity contribution is -0.117. The standard InChI is InChI=1S/C26H26ClN7O2/c1-15(16-5-8-19(9-6-16)32-25(35)17-3-4-17)31-26-33-22-10-7-18(27)11-21(22)24(34-26)30-14-23-28-12-20(36-2)13-29-23/h5-13,15,17H,3-4,14H2,1-2H3,(H,32,35)(H2,30,31,33,34). The van der Waals surface area contributed by atoms with E-state index in [-0.39, 0.29) is 17.9 Å². The van der Waals surface area contributed by atoms with E-state index in [1.54, 1.807) is 25.6 Å². The van der Waals surface area contributed by atoms with E-state index in [1.807, 2.05) is 43.3 Å². The van der Waals surface area contributed by atoms with Crippen LogP contribution in [0.25, 0.3) is 10.9 Å². The summed E-state index contributed by atoms with van der Waals surface area (Å²) in [5.41, 5.74) is 2.59. The summed E-state index contributed by atoms with van der Waals surface area (Å²) in [4.78, 5) is 30.0. The fourth-order valence-corrected chi connectivity index (χ4v) is 3.90. The highest BCUT2D eigenvalue weighted by Gasteiger charge is 2.29. The molecule has 2 heterocycles. The number of carbonyl (C=O) groups is 1. The maximum absolute atomic E-state index is 12.0. The second-order valence-corrected chi connectivity index (χ2v) is 9.14. The molecule has 9 nitrogen and oxygen atoms in total. The molecule has 1 amide bonds. The molecule has 5 rings (SSSR count). The van der Waals surface area contributed by atoms with E-state index in [2.05, 4.69) is 30.9 Å². The molecule has 3 N–H and O–H groups in total. The first-order chi connectivity index (χ1) is 17.5. The van der Waals surface area contributed by atoms with E-state index < -0.39 is 0 Å². The molecular weight excluding hydrogens is 478 g/mol. The first-order valence-electron chi connectivity index (χ1n) is 11.7. The second kappa shape index (κ2) is 10.3. The Labute approximate surface area is 213 Å². The van der Waals surface area contributed by atoms with Gasteiger partial charge in [-0.3, -0.25) is 4.79 Å². The van der Waals surface area contributed by atoms with Crippen molar-refractivity contribution in [3.8, 4) is 5.75 Å². The molecule has 0 radical (unpaired) electrons. The average molecular weight is 504 g/mol. The van der Waals surface area contributed by atoms with Gasteiger partial charge in [-0.1, -0.05) is 23.7 Å². The van der Waals surface area contributed by atoms with Gasteiger partial charge in [-0.05, 0) is 55.7 Å². The Kier molecular flexibility index (Phi) is 6.81. The molecule has 1 atom stereocenters. The number of hydrogen-bond acceptors (Lipinski definition) is 8. The van der Waals surface area contributed by atoms with Crippen LogP contribution >= 0.6 is 11.6 Å². The van der Waals surface area contributed by atoms with Crippen molar-refractivity contribution in [1.29, 1.82) is 0 Å². The van der Waals surface area contributed by atoms with Crippen molar-refractivity contribution >= 4 is 45.9 Å². The number of nitrogens with zero attached hydrogens (tertiary/aromatic N) is 4. The van der Waals surface area contributed by atoms with Crippen LogP contribution in [0.2, 0.25) is 5.02 Å². The van der Waals surface area contributed by atoms with Crippen molar-refractivity contribution in [1.82, 2.24) is 19.9 Å². The highest BCUT2D eigenvalue weighted by molar-refractivity contribution is 6.31. The Morgan fingerprint density at radius 1 is 1.11 bits per heavy atom. The lowest BCUT2D eigenvalue weighted by atomic mass is 10.1. The second-order valence-electron chi connectivity index (χ2n) is 8.70. The molecule has 2 aromatic carbocycles. The highest BCUT2D eigenvalue weighted by atomic mass is 35.5. The Morgan fingerprint density at radius 2 is 1.86 bits per heavy atom. The number of nitrogens with one attached hydrogen (secondary N) is 3. The number of methoxy groups -OCH3 is 1. The zero-order valence-corrected chi connectivity index (χ0v) is 20.7. The number of halogens is 1. The number of amides is 1. The summed E-state index contributed by atoms with van der Waals surface area (Å²) >= 11 is 6.25. The number of fused-ring (bicyclic) bond motifs is 1.